The summed E-state index contributed by atoms with van der Waals surface area (Å²) < 4.78 is 1.11. The molecule has 0 aromatic heterocycles. The highest BCUT2D eigenvalue weighted by Crippen LogP contribution is 2.31. The number of hydrogen-bond donors (Lipinski definition) is 0. The number of quaternary nitrogens is 1. The number of unbranched alkanes of at least 4 members (excludes halogenated alkanes) is 4. The molecule has 0 aliphatic heterocycles. The fourth-order valence-corrected chi connectivity index (χ4v) is 3.81. The molecular formula is C25H38ClN. The van der Waals surface area contributed by atoms with Crippen LogP contribution in [0.25, 0.3) is 0 Å². The fraction of sp³-hybridized carbons (Fsp3) is 0.520. The summed E-state index contributed by atoms with van der Waals surface area (Å²) in [7, 11) is 4.83. The quantitative estimate of drug-likeness (QED) is 0.408. The molecule has 150 valence electrons. The predicted molar refractivity (Wildman–Crippen MR) is 115 cm³/mol. The van der Waals surface area contributed by atoms with Crippen LogP contribution in [-0.4, -0.2) is 31.2 Å². The van der Waals surface area contributed by atoms with Crippen LogP contribution in [0.4, 0.5) is 0 Å². The van der Waals surface area contributed by atoms with E-state index in [0.717, 1.165) is 4.48 Å². The number of hydrogen-bond acceptors (Lipinski definition) is 0. The SMILES string of the molecule is CCCCCCC[N+](C)(C)C(C)CC(c1ccccc1)c1ccccc1.[Cl-]. The molecule has 27 heavy (non-hydrogen) atoms. The van der Waals surface area contributed by atoms with Crippen LogP contribution in [0.15, 0.2) is 60.7 Å². The molecule has 0 amide bonds. The largest absolute Gasteiger partial charge is 1.00 e. The van der Waals surface area contributed by atoms with Gasteiger partial charge in [-0.2, -0.15) is 0 Å². The van der Waals surface area contributed by atoms with Crippen molar-refractivity contribution >= 4 is 0 Å². The van der Waals surface area contributed by atoms with E-state index in [1.54, 1.807) is 0 Å². The number of halogens is 1. The molecule has 2 aromatic rings. The van der Waals surface area contributed by atoms with Crippen LogP contribution < -0.4 is 12.4 Å². The van der Waals surface area contributed by atoms with Gasteiger partial charge in [0.15, 0.2) is 0 Å². The Kier molecular flexibility index (Phi) is 10.7. The first-order valence-electron chi connectivity index (χ1n) is 10.5. The third kappa shape index (κ3) is 7.68. The smallest absolute Gasteiger partial charge is 0.0866 e. The van der Waals surface area contributed by atoms with Crippen molar-refractivity contribution in [2.75, 3.05) is 20.6 Å². The Hall–Kier alpha value is -1.31. The van der Waals surface area contributed by atoms with Gasteiger partial charge >= 0.3 is 0 Å². The highest BCUT2D eigenvalue weighted by molar-refractivity contribution is 5.32. The van der Waals surface area contributed by atoms with Crippen LogP contribution in [-0.2, 0) is 0 Å². The summed E-state index contributed by atoms with van der Waals surface area (Å²) in [4.78, 5) is 0. The lowest BCUT2D eigenvalue weighted by molar-refractivity contribution is -0.913. The minimum Gasteiger partial charge on any atom is -1.00 e. The average molecular weight is 388 g/mol. The first kappa shape index (κ1) is 23.7. The number of nitrogens with zero attached hydrogens (tertiary/aromatic N) is 1. The summed E-state index contributed by atoms with van der Waals surface area (Å²) in [6.45, 7) is 6.00. The summed E-state index contributed by atoms with van der Waals surface area (Å²) in [5.74, 6) is 0.477. The molecule has 0 bridgehead atoms. The van der Waals surface area contributed by atoms with Crippen LogP contribution in [0.3, 0.4) is 0 Å². The molecule has 2 heteroatoms. The van der Waals surface area contributed by atoms with Crippen LogP contribution in [0.5, 0.6) is 0 Å². The van der Waals surface area contributed by atoms with Crippen LogP contribution in [0.2, 0.25) is 0 Å². The summed E-state index contributed by atoms with van der Waals surface area (Å²) >= 11 is 0. The van der Waals surface area contributed by atoms with Crippen molar-refractivity contribution in [1.29, 1.82) is 0 Å². The molecule has 0 heterocycles. The lowest BCUT2D eigenvalue weighted by Crippen LogP contribution is -3.00. The molecule has 0 saturated carbocycles. The van der Waals surface area contributed by atoms with Crippen LogP contribution in [0.1, 0.15) is 69.4 Å². The fourth-order valence-electron chi connectivity index (χ4n) is 3.81. The second-order valence-electron chi connectivity index (χ2n) is 8.38. The Morgan fingerprint density at radius 3 is 1.70 bits per heavy atom. The second kappa shape index (κ2) is 12.2. The Labute approximate surface area is 173 Å². The van der Waals surface area contributed by atoms with E-state index in [4.69, 9.17) is 0 Å². The lowest BCUT2D eigenvalue weighted by atomic mass is 9.85. The van der Waals surface area contributed by atoms with Gasteiger partial charge in [-0.05, 0) is 30.9 Å². The van der Waals surface area contributed by atoms with Crippen LogP contribution in [0, 0.1) is 0 Å². The zero-order valence-corrected chi connectivity index (χ0v) is 18.5. The summed E-state index contributed by atoms with van der Waals surface area (Å²) in [6.07, 6.45) is 8.01. The molecule has 0 N–H and O–H groups in total. The summed E-state index contributed by atoms with van der Waals surface area (Å²) in [5, 5.41) is 0. The molecular weight excluding hydrogens is 350 g/mol. The van der Waals surface area contributed by atoms with E-state index in [-0.39, 0.29) is 12.4 Å². The molecule has 0 aliphatic carbocycles. The third-order valence-electron chi connectivity index (χ3n) is 6.01. The Morgan fingerprint density at radius 2 is 1.22 bits per heavy atom. The standard InChI is InChI=1S/C25H38N.ClH/c1-5-6-7-8-15-20-26(3,4)22(2)21-25(23-16-11-9-12-17-23)24-18-13-10-14-19-24;/h9-14,16-19,22,25H,5-8,15,20-21H2,1-4H3;1H/q+1;/p-1. The minimum absolute atomic E-state index is 0. The normalized spacial score (nSPS) is 12.6. The molecule has 1 unspecified atom stereocenters. The zero-order valence-electron chi connectivity index (χ0n) is 17.7. The van der Waals surface area contributed by atoms with Crippen molar-refractivity contribution in [2.45, 2.75) is 64.3 Å². The van der Waals surface area contributed by atoms with Gasteiger partial charge < -0.3 is 16.9 Å². The molecule has 0 radical (unpaired) electrons. The number of benzene rings is 2. The average Bonchev–Trinajstić information content (AvgIpc) is 2.67. The van der Waals surface area contributed by atoms with E-state index in [1.165, 1.54) is 56.2 Å². The highest BCUT2D eigenvalue weighted by atomic mass is 35.5. The van der Waals surface area contributed by atoms with Crippen molar-refractivity contribution < 1.29 is 16.9 Å². The molecule has 1 nitrogen and oxygen atoms in total. The van der Waals surface area contributed by atoms with Crippen molar-refractivity contribution in [3.63, 3.8) is 0 Å². The monoisotopic (exact) mass is 387 g/mol. The first-order chi connectivity index (χ1) is 12.5. The molecule has 0 saturated heterocycles. The van der Waals surface area contributed by atoms with E-state index in [1.807, 2.05) is 0 Å². The zero-order chi connectivity index (χ0) is 18.8. The Bertz CT molecular complexity index is 569. The van der Waals surface area contributed by atoms with Gasteiger partial charge in [-0.1, -0.05) is 86.8 Å². The molecule has 2 rings (SSSR count). The Balaban J connectivity index is 0.00000364. The van der Waals surface area contributed by atoms with Gasteiger partial charge in [-0.15, -0.1) is 0 Å². The molecule has 0 fully saturated rings. The molecule has 1 atom stereocenters. The van der Waals surface area contributed by atoms with Gasteiger partial charge in [0.2, 0.25) is 0 Å². The first-order valence-corrected chi connectivity index (χ1v) is 10.5. The van der Waals surface area contributed by atoms with Gasteiger partial charge in [0.25, 0.3) is 0 Å². The van der Waals surface area contributed by atoms with E-state index < -0.39 is 0 Å². The second-order valence-corrected chi connectivity index (χ2v) is 8.38. The van der Waals surface area contributed by atoms with Crippen molar-refractivity contribution in [1.82, 2.24) is 0 Å². The van der Waals surface area contributed by atoms with Crippen molar-refractivity contribution in [3.05, 3.63) is 71.8 Å². The predicted octanol–water partition coefficient (Wildman–Crippen LogP) is 3.65. The van der Waals surface area contributed by atoms with Gasteiger partial charge in [-0.3, -0.25) is 0 Å². The molecule has 0 aliphatic rings. The highest BCUT2D eigenvalue weighted by Gasteiger charge is 2.28. The molecule has 0 spiro atoms. The van der Waals surface area contributed by atoms with Gasteiger partial charge in [0, 0.05) is 12.3 Å². The van der Waals surface area contributed by atoms with Crippen LogP contribution >= 0.6 is 0 Å². The van der Waals surface area contributed by atoms with E-state index in [0.29, 0.717) is 12.0 Å². The number of rotatable bonds is 11. The summed E-state index contributed by atoms with van der Waals surface area (Å²) in [5.41, 5.74) is 2.88. The van der Waals surface area contributed by atoms with Crippen molar-refractivity contribution in [2.24, 2.45) is 0 Å². The lowest BCUT2D eigenvalue weighted by Gasteiger charge is -2.38. The maximum atomic E-state index is 2.44. The van der Waals surface area contributed by atoms with E-state index >= 15 is 0 Å². The van der Waals surface area contributed by atoms with E-state index in [2.05, 4.69) is 88.6 Å². The van der Waals surface area contributed by atoms with Crippen molar-refractivity contribution in [3.8, 4) is 0 Å². The molecule has 2 aromatic carbocycles. The van der Waals surface area contributed by atoms with Gasteiger partial charge in [0.1, 0.15) is 0 Å². The van der Waals surface area contributed by atoms with E-state index in [9.17, 15) is 0 Å². The third-order valence-corrected chi connectivity index (χ3v) is 6.01. The minimum atomic E-state index is 0. The van der Waals surface area contributed by atoms with Gasteiger partial charge in [0.05, 0.1) is 26.7 Å². The maximum Gasteiger partial charge on any atom is 0.0866 e. The Morgan fingerprint density at radius 1 is 0.741 bits per heavy atom. The topological polar surface area (TPSA) is 0 Å². The van der Waals surface area contributed by atoms with Gasteiger partial charge in [-0.25, -0.2) is 0 Å². The maximum absolute atomic E-state index is 2.44. The summed E-state index contributed by atoms with van der Waals surface area (Å²) in [6, 6.07) is 22.7.